The second-order valence-electron chi connectivity index (χ2n) is 6.19. The van der Waals surface area contributed by atoms with Gasteiger partial charge in [-0.25, -0.2) is 4.79 Å². The summed E-state index contributed by atoms with van der Waals surface area (Å²) in [7, 11) is 0. The van der Waals surface area contributed by atoms with Crippen LogP contribution in [0.15, 0.2) is 29.2 Å². The summed E-state index contributed by atoms with van der Waals surface area (Å²) < 4.78 is 0. The van der Waals surface area contributed by atoms with Crippen LogP contribution in [0.4, 0.5) is 10.5 Å². The number of anilines is 1. The van der Waals surface area contributed by atoms with Gasteiger partial charge < -0.3 is 20.4 Å². The molecular weight excluding hydrogens is 340 g/mol. The number of benzene rings is 1. The molecule has 1 saturated heterocycles. The highest BCUT2D eigenvalue weighted by molar-refractivity contribution is 7.98. The predicted molar refractivity (Wildman–Crippen MR) is 96.6 cm³/mol. The molecule has 2 fully saturated rings. The zero-order chi connectivity index (χ0) is 17.8. The van der Waals surface area contributed by atoms with Crippen LogP contribution in [0.5, 0.6) is 0 Å². The van der Waals surface area contributed by atoms with Crippen LogP contribution < -0.4 is 10.6 Å². The van der Waals surface area contributed by atoms with Gasteiger partial charge in [0.05, 0.1) is 0 Å². The standard InChI is InChI=1S/C17H22N4O3S/c1-25-14-4-2-3-13(11-14)19-17(24)21-9-7-20(8-10-21)16(23)15(22)18-12-5-6-12/h2-4,11-12H,5-10H2,1H3,(H,18,22)(H,19,24). The van der Waals surface area contributed by atoms with Gasteiger partial charge in [-0.15, -0.1) is 11.8 Å². The third-order valence-electron chi connectivity index (χ3n) is 4.28. The van der Waals surface area contributed by atoms with Gasteiger partial charge in [0.25, 0.3) is 0 Å². The molecule has 1 aliphatic heterocycles. The van der Waals surface area contributed by atoms with E-state index in [9.17, 15) is 14.4 Å². The average Bonchev–Trinajstić information content (AvgIpc) is 3.45. The number of amides is 4. The van der Waals surface area contributed by atoms with Crippen LogP contribution in [0.3, 0.4) is 0 Å². The van der Waals surface area contributed by atoms with E-state index in [-0.39, 0.29) is 12.1 Å². The molecule has 7 nitrogen and oxygen atoms in total. The Morgan fingerprint density at radius 2 is 1.76 bits per heavy atom. The number of carbonyl (C=O) groups excluding carboxylic acids is 3. The first-order valence-electron chi connectivity index (χ1n) is 8.36. The van der Waals surface area contributed by atoms with Crippen molar-refractivity contribution >= 4 is 35.3 Å². The van der Waals surface area contributed by atoms with E-state index in [0.29, 0.717) is 26.2 Å². The summed E-state index contributed by atoms with van der Waals surface area (Å²) in [5.41, 5.74) is 0.749. The van der Waals surface area contributed by atoms with E-state index in [2.05, 4.69) is 10.6 Å². The highest BCUT2D eigenvalue weighted by Crippen LogP contribution is 2.20. The van der Waals surface area contributed by atoms with Gasteiger partial charge in [0, 0.05) is 42.8 Å². The Bertz CT molecular complexity index is 670. The summed E-state index contributed by atoms with van der Waals surface area (Å²) in [5, 5.41) is 5.58. The normalized spacial score (nSPS) is 17.2. The molecule has 4 amide bonds. The van der Waals surface area contributed by atoms with E-state index in [1.54, 1.807) is 16.7 Å². The van der Waals surface area contributed by atoms with Crippen molar-refractivity contribution < 1.29 is 14.4 Å². The minimum absolute atomic E-state index is 0.167. The van der Waals surface area contributed by atoms with Crippen LogP contribution in [0.25, 0.3) is 0 Å². The minimum Gasteiger partial charge on any atom is -0.345 e. The summed E-state index contributed by atoms with van der Waals surface area (Å²) in [6, 6.07) is 7.63. The summed E-state index contributed by atoms with van der Waals surface area (Å²) in [4.78, 5) is 40.5. The third-order valence-corrected chi connectivity index (χ3v) is 5.01. The summed E-state index contributed by atoms with van der Waals surface area (Å²) in [6.45, 7) is 1.57. The van der Waals surface area contributed by atoms with Gasteiger partial charge in [0.15, 0.2) is 0 Å². The molecule has 134 valence electrons. The fraction of sp³-hybridized carbons (Fsp3) is 0.471. The molecule has 8 heteroatoms. The van der Waals surface area contributed by atoms with Crippen LogP contribution in [-0.2, 0) is 9.59 Å². The smallest absolute Gasteiger partial charge is 0.321 e. The lowest BCUT2D eigenvalue weighted by atomic mass is 10.3. The Morgan fingerprint density at radius 3 is 2.40 bits per heavy atom. The fourth-order valence-electron chi connectivity index (χ4n) is 2.63. The van der Waals surface area contributed by atoms with Crippen LogP contribution >= 0.6 is 11.8 Å². The summed E-state index contributed by atoms with van der Waals surface area (Å²) in [5.74, 6) is -1.03. The third kappa shape index (κ3) is 4.66. The first-order chi connectivity index (χ1) is 12.1. The molecule has 1 saturated carbocycles. The Balaban J connectivity index is 1.48. The Hall–Kier alpha value is -2.22. The molecule has 0 spiro atoms. The van der Waals surface area contributed by atoms with Crippen molar-refractivity contribution in [2.24, 2.45) is 0 Å². The molecule has 1 heterocycles. The molecule has 0 bridgehead atoms. The van der Waals surface area contributed by atoms with Crippen molar-refractivity contribution in [2.75, 3.05) is 37.8 Å². The number of hydrogen-bond acceptors (Lipinski definition) is 4. The van der Waals surface area contributed by atoms with Gasteiger partial charge in [-0.05, 0) is 37.3 Å². The largest absolute Gasteiger partial charge is 0.345 e. The maximum atomic E-state index is 12.4. The van der Waals surface area contributed by atoms with Crippen molar-refractivity contribution in [3.05, 3.63) is 24.3 Å². The van der Waals surface area contributed by atoms with Crippen LogP contribution in [-0.4, -0.2) is 66.1 Å². The Kier molecular flexibility index (Phi) is 5.47. The van der Waals surface area contributed by atoms with Crippen molar-refractivity contribution in [3.63, 3.8) is 0 Å². The number of thioether (sulfide) groups is 1. The Labute approximate surface area is 151 Å². The Morgan fingerprint density at radius 1 is 1.08 bits per heavy atom. The van der Waals surface area contributed by atoms with E-state index in [4.69, 9.17) is 0 Å². The minimum atomic E-state index is -0.533. The second kappa shape index (κ2) is 7.77. The maximum Gasteiger partial charge on any atom is 0.321 e. The molecule has 2 N–H and O–H groups in total. The number of nitrogens with zero attached hydrogens (tertiary/aromatic N) is 2. The number of carbonyl (C=O) groups is 3. The summed E-state index contributed by atoms with van der Waals surface area (Å²) >= 11 is 1.61. The van der Waals surface area contributed by atoms with Gasteiger partial charge in [0.2, 0.25) is 0 Å². The molecule has 0 aromatic heterocycles. The van der Waals surface area contributed by atoms with E-state index in [0.717, 1.165) is 23.4 Å². The average molecular weight is 362 g/mol. The lowest BCUT2D eigenvalue weighted by Gasteiger charge is -2.34. The fourth-order valence-corrected chi connectivity index (χ4v) is 3.09. The van der Waals surface area contributed by atoms with Crippen molar-refractivity contribution in [3.8, 4) is 0 Å². The quantitative estimate of drug-likeness (QED) is 0.628. The lowest BCUT2D eigenvalue weighted by Crippen LogP contribution is -2.54. The number of nitrogens with one attached hydrogen (secondary N) is 2. The van der Waals surface area contributed by atoms with Crippen molar-refractivity contribution in [1.29, 1.82) is 0 Å². The van der Waals surface area contributed by atoms with Crippen LogP contribution in [0.1, 0.15) is 12.8 Å². The van der Waals surface area contributed by atoms with E-state index in [1.165, 1.54) is 4.90 Å². The van der Waals surface area contributed by atoms with E-state index >= 15 is 0 Å². The first-order valence-corrected chi connectivity index (χ1v) is 9.59. The first kappa shape index (κ1) is 17.6. The molecule has 0 atom stereocenters. The van der Waals surface area contributed by atoms with Crippen LogP contribution in [0, 0.1) is 0 Å². The second-order valence-corrected chi connectivity index (χ2v) is 7.07. The molecule has 3 rings (SSSR count). The molecule has 2 aliphatic rings. The maximum absolute atomic E-state index is 12.4. The summed E-state index contributed by atoms with van der Waals surface area (Å²) in [6.07, 6.45) is 3.88. The van der Waals surface area contributed by atoms with E-state index in [1.807, 2.05) is 30.5 Å². The van der Waals surface area contributed by atoms with E-state index < -0.39 is 11.8 Å². The lowest BCUT2D eigenvalue weighted by molar-refractivity contribution is -0.146. The number of rotatable bonds is 3. The van der Waals surface area contributed by atoms with Gasteiger partial charge in [0.1, 0.15) is 0 Å². The molecule has 1 aromatic rings. The highest BCUT2D eigenvalue weighted by Gasteiger charge is 2.31. The highest BCUT2D eigenvalue weighted by atomic mass is 32.2. The number of hydrogen-bond donors (Lipinski definition) is 2. The number of piperazine rings is 1. The zero-order valence-electron chi connectivity index (χ0n) is 14.2. The topological polar surface area (TPSA) is 81.8 Å². The molecule has 1 aliphatic carbocycles. The van der Waals surface area contributed by atoms with Gasteiger partial charge >= 0.3 is 17.8 Å². The van der Waals surface area contributed by atoms with Crippen molar-refractivity contribution in [1.82, 2.24) is 15.1 Å². The molecule has 1 aromatic carbocycles. The molecule has 0 unspecified atom stereocenters. The molecule has 25 heavy (non-hydrogen) atoms. The van der Waals surface area contributed by atoms with Crippen molar-refractivity contribution in [2.45, 2.75) is 23.8 Å². The number of urea groups is 1. The predicted octanol–water partition coefficient (Wildman–Crippen LogP) is 1.36. The van der Waals surface area contributed by atoms with Gasteiger partial charge in [-0.2, -0.15) is 0 Å². The van der Waals surface area contributed by atoms with Gasteiger partial charge in [-0.3, -0.25) is 9.59 Å². The monoisotopic (exact) mass is 362 g/mol. The SMILES string of the molecule is CSc1cccc(NC(=O)N2CCN(C(=O)C(=O)NC3CC3)CC2)c1. The zero-order valence-corrected chi connectivity index (χ0v) is 15.0. The van der Waals surface area contributed by atoms with Crippen LogP contribution in [0.2, 0.25) is 0 Å². The van der Waals surface area contributed by atoms with Gasteiger partial charge in [-0.1, -0.05) is 6.07 Å². The molecular formula is C17H22N4O3S. The molecule has 0 radical (unpaired) electrons.